The number of unbranched alkanes of at least 4 members (excludes halogenated alkanes) is 4. The van der Waals surface area contributed by atoms with Crippen LogP contribution in [-0.2, 0) is 12.8 Å². The average Bonchev–Trinajstić information content (AvgIpc) is 2.94. The van der Waals surface area contributed by atoms with Gasteiger partial charge in [0, 0.05) is 0 Å². The van der Waals surface area contributed by atoms with E-state index in [1.807, 2.05) is 24.3 Å². The van der Waals surface area contributed by atoms with Crippen molar-refractivity contribution in [2.24, 2.45) is 0 Å². The Hall–Kier alpha value is -3.78. The molecule has 0 spiro atoms. The van der Waals surface area contributed by atoms with Gasteiger partial charge in [-0.2, -0.15) is 0 Å². The number of aryl methyl sites for hydroxylation is 3. The third-order valence-corrected chi connectivity index (χ3v) is 7.42. The van der Waals surface area contributed by atoms with Crippen molar-refractivity contribution >= 4 is 10.8 Å². The summed E-state index contributed by atoms with van der Waals surface area (Å²) in [7, 11) is 0. The Kier molecular flexibility index (Phi) is 8.28. The normalized spacial score (nSPS) is 11.2. The number of fused-ring (bicyclic) bond motifs is 1. The molecule has 2 heteroatoms. The molecule has 38 heavy (non-hydrogen) atoms. The quantitative estimate of drug-likeness (QED) is 0.166. The molecule has 0 saturated heterocycles. The summed E-state index contributed by atoms with van der Waals surface area (Å²) < 4.78 is 26.8. The molecular formula is C36H34F2. The lowest BCUT2D eigenvalue weighted by Gasteiger charge is -2.07. The van der Waals surface area contributed by atoms with E-state index >= 15 is 0 Å². The third kappa shape index (κ3) is 6.55. The van der Waals surface area contributed by atoms with Gasteiger partial charge in [0.2, 0.25) is 0 Å². The first-order valence-electron chi connectivity index (χ1n) is 13.7. The van der Waals surface area contributed by atoms with E-state index in [0.717, 1.165) is 29.5 Å². The molecule has 5 aromatic carbocycles. The fourth-order valence-corrected chi connectivity index (χ4v) is 5.15. The molecule has 0 saturated carbocycles. The summed E-state index contributed by atoms with van der Waals surface area (Å²) in [5.74, 6) is -1.64. The summed E-state index contributed by atoms with van der Waals surface area (Å²) in [6.07, 6.45) is 8.58. The molecule has 0 bridgehead atoms. The monoisotopic (exact) mass is 504 g/mol. The van der Waals surface area contributed by atoms with Gasteiger partial charge in [-0.25, -0.2) is 8.78 Å². The summed E-state index contributed by atoms with van der Waals surface area (Å²) in [6, 6.07) is 34.4. The zero-order valence-corrected chi connectivity index (χ0v) is 22.0. The van der Waals surface area contributed by atoms with Crippen LogP contribution in [0.1, 0.15) is 48.8 Å². The minimum absolute atomic E-state index is 0.676. The highest BCUT2D eigenvalue weighted by molar-refractivity contribution is 5.83. The average molecular weight is 505 g/mol. The zero-order valence-electron chi connectivity index (χ0n) is 22.0. The number of benzene rings is 5. The van der Waals surface area contributed by atoms with E-state index in [9.17, 15) is 8.78 Å². The maximum atomic E-state index is 13.6. The third-order valence-electron chi connectivity index (χ3n) is 7.42. The Morgan fingerprint density at radius 2 is 0.921 bits per heavy atom. The van der Waals surface area contributed by atoms with Crippen molar-refractivity contribution in [1.82, 2.24) is 0 Å². The van der Waals surface area contributed by atoms with Gasteiger partial charge in [0.25, 0.3) is 0 Å². The molecule has 0 unspecified atom stereocenters. The molecule has 0 radical (unpaired) electrons. The van der Waals surface area contributed by atoms with Crippen LogP contribution in [0.15, 0.2) is 103 Å². The molecule has 0 aliphatic carbocycles. The molecule has 0 aliphatic heterocycles. The first-order chi connectivity index (χ1) is 18.5. The highest BCUT2D eigenvalue weighted by Crippen LogP contribution is 2.26. The predicted molar refractivity (Wildman–Crippen MR) is 156 cm³/mol. The van der Waals surface area contributed by atoms with Crippen molar-refractivity contribution < 1.29 is 8.78 Å². The van der Waals surface area contributed by atoms with Gasteiger partial charge in [-0.15, -0.1) is 0 Å². The van der Waals surface area contributed by atoms with E-state index in [-0.39, 0.29) is 0 Å². The lowest BCUT2D eigenvalue weighted by Crippen LogP contribution is -1.89. The topological polar surface area (TPSA) is 0 Å². The molecule has 0 atom stereocenters. The first kappa shape index (κ1) is 25.9. The Bertz CT molecular complexity index is 1500. The molecule has 0 nitrogen and oxygen atoms in total. The van der Waals surface area contributed by atoms with Gasteiger partial charge in [0.15, 0.2) is 11.6 Å². The number of hydrogen-bond donors (Lipinski definition) is 0. The predicted octanol–water partition coefficient (Wildman–Crippen LogP) is 10.5. The smallest absolute Gasteiger partial charge is 0.159 e. The van der Waals surface area contributed by atoms with Crippen LogP contribution in [-0.4, -0.2) is 0 Å². The van der Waals surface area contributed by atoms with E-state index in [0.29, 0.717) is 5.56 Å². The highest BCUT2D eigenvalue weighted by Gasteiger charge is 2.06. The first-order valence-corrected chi connectivity index (χ1v) is 13.7. The van der Waals surface area contributed by atoms with Crippen molar-refractivity contribution in [1.29, 1.82) is 0 Å². The summed E-state index contributed by atoms with van der Waals surface area (Å²) in [6.45, 7) is 2.15. The van der Waals surface area contributed by atoms with Crippen LogP contribution >= 0.6 is 0 Å². The van der Waals surface area contributed by atoms with Gasteiger partial charge in [-0.1, -0.05) is 116 Å². The molecule has 0 fully saturated rings. The van der Waals surface area contributed by atoms with Crippen molar-refractivity contribution in [2.45, 2.75) is 51.9 Å². The fourth-order valence-electron chi connectivity index (χ4n) is 5.15. The lowest BCUT2D eigenvalue weighted by atomic mass is 9.98. The van der Waals surface area contributed by atoms with Crippen molar-refractivity contribution in [3.05, 3.63) is 131 Å². The fraction of sp³-hybridized carbons (Fsp3) is 0.222. The van der Waals surface area contributed by atoms with Crippen LogP contribution in [0.25, 0.3) is 33.0 Å². The van der Waals surface area contributed by atoms with Gasteiger partial charge in [-0.3, -0.25) is 0 Å². The van der Waals surface area contributed by atoms with E-state index in [1.165, 1.54) is 71.7 Å². The molecule has 5 rings (SSSR count). The Labute approximate surface area is 225 Å². The van der Waals surface area contributed by atoms with E-state index < -0.39 is 11.6 Å². The summed E-state index contributed by atoms with van der Waals surface area (Å²) in [4.78, 5) is 0. The zero-order chi connectivity index (χ0) is 26.3. The van der Waals surface area contributed by atoms with Crippen LogP contribution in [0.2, 0.25) is 0 Å². The molecule has 0 N–H and O–H groups in total. The summed E-state index contributed by atoms with van der Waals surface area (Å²) in [5, 5.41) is 2.68. The molecule has 0 aromatic heterocycles. The van der Waals surface area contributed by atoms with Gasteiger partial charge in [0.1, 0.15) is 0 Å². The molecular weight excluding hydrogens is 470 g/mol. The van der Waals surface area contributed by atoms with Gasteiger partial charge < -0.3 is 0 Å². The van der Waals surface area contributed by atoms with E-state index in [2.05, 4.69) is 67.6 Å². The second-order valence-electron chi connectivity index (χ2n) is 10.4. The number of hydrogen-bond acceptors (Lipinski definition) is 0. The lowest BCUT2D eigenvalue weighted by molar-refractivity contribution is 0.509. The largest absolute Gasteiger partial charge is 0.204 e. The van der Waals surface area contributed by atoms with Crippen LogP contribution in [0.3, 0.4) is 0 Å². The van der Waals surface area contributed by atoms with Gasteiger partial charge >= 0.3 is 0 Å². The number of rotatable bonds is 10. The van der Waals surface area contributed by atoms with Gasteiger partial charge in [0.05, 0.1) is 0 Å². The van der Waals surface area contributed by atoms with Gasteiger partial charge in [-0.05, 0) is 88.9 Å². The Morgan fingerprint density at radius 1 is 0.421 bits per heavy atom. The minimum Gasteiger partial charge on any atom is -0.204 e. The van der Waals surface area contributed by atoms with Crippen molar-refractivity contribution in [2.75, 3.05) is 0 Å². The van der Waals surface area contributed by atoms with Crippen LogP contribution in [0, 0.1) is 18.6 Å². The summed E-state index contributed by atoms with van der Waals surface area (Å²) >= 11 is 0. The second kappa shape index (κ2) is 12.2. The van der Waals surface area contributed by atoms with E-state index in [4.69, 9.17) is 0 Å². The highest BCUT2D eigenvalue weighted by atomic mass is 19.2. The van der Waals surface area contributed by atoms with Crippen LogP contribution in [0.4, 0.5) is 8.78 Å². The summed E-state index contributed by atoms with van der Waals surface area (Å²) in [5.41, 5.74) is 7.96. The SMILES string of the molecule is Cc1ccc2cc(CCCCCCCc3ccc(-c4ccc(-c5ccc(F)c(F)c5)cc4)cc3)ccc2c1. The van der Waals surface area contributed by atoms with Crippen LogP contribution < -0.4 is 0 Å². The molecule has 5 aromatic rings. The van der Waals surface area contributed by atoms with Crippen molar-refractivity contribution in [3.63, 3.8) is 0 Å². The van der Waals surface area contributed by atoms with E-state index in [1.54, 1.807) is 6.07 Å². The Balaban J connectivity index is 1.03. The molecule has 0 aliphatic rings. The molecule has 0 amide bonds. The second-order valence-corrected chi connectivity index (χ2v) is 10.4. The molecule has 0 heterocycles. The minimum atomic E-state index is -0.822. The maximum absolute atomic E-state index is 13.6. The Morgan fingerprint density at radius 3 is 1.61 bits per heavy atom. The van der Waals surface area contributed by atoms with Crippen molar-refractivity contribution in [3.8, 4) is 22.3 Å². The molecule has 192 valence electrons. The van der Waals surface area contributed by atoms with Crippen LogP contribution in [0.5, 0.6) is 0 Å². The maximum Gasteiger partial charge on any atom is 0.159 e. The standard InChI is InChI=1S/C36H34F2/c1-26-9-13-33-24-28(12-16-32(33)23-26)8-6-4-2-3-5-7-27-10-14-29(15-11-27)30-17-19-31(20-18-30)34-21-22-35(37)36(38)25-34/h9-25H,2-8H2,1H3. The number of halogens is 2.